The molecule has 0 saturated carbocycles. The summed E-state index contributed by atoms with van der Waals surface area (Å²) in [6, 6.07) is 12.2. The van der Waals surface area contributed by atoms with Crippen molar-refractivity contribution in [3.63, 3.8) is 0 Å². The summed E-state index contributed by atoms with van der Waals surface area (Å²) >= 11 is 23.3. The molecule has 1 amide bonds. The van der Waals surface area contributed by atoms with Crippen LogP contribution in [0.4, 0.5) is 5.69 Å². The van der Waals surface area contributed by atoms with Crippen molar-refractivity contribution in [3.8, 4) is 0 Å². The number of thiocarbonyl (C=S) groups is 1. The van der Waals surface area contributed by atoms with Crippen LogP contribution in [0.2, 0.25) is 15.1 Å². The summed E-state index contributed by atoms with van der Waals surface area (Å²) in [5, 5.41) is 4.40. The SMILES string of the molecule is O=C1C(=Cc2ccc(Cl)cc2)NC(=S)N1c1cccc(Cl)c1Cl. The van der Waals surface area contributed by atoms with Gasteiger partial charge in [0.2, 0.25) is 0 Å². The van der Waals surface area contributed by atoms with Crippen molar-refractivity contribution in [2.45, 2.75) is 0 Å². The molecule has 1 aliphatic rings. The van der Waals surface area contributed by atoms with Crippen molar-refractivity contribution in [3.05, 3.63) is 68.8 Å². The first-order valence-electron chi connectivity index (χ1n) is 6.54. The van der Waals surface area contributed by atoms with Crippen molar-refractivity contribution in [2.75, 3.05) is 4.90 Å². The van der Waals surface area contributed by atoms with Gasteiger partial charge in [0.05, 0.1) is 15.7 Å². The molecule has 0 bridgehead atoms. The Morgan fingerprint density at radius 1 is 1.04 bits per heavy atom. The van der Waals surface area contributed by atoms with Gasteiger partial charge in [-0.15, -0.1) is 0 Å². The van der Waals surface area contributed by atoms with Gasteiger partial charge in [-0.2, -0.15) is 0 Å². The summed E-state index contributed by atoms with van der Waals surface area (Å²) in [7, 11) is 0. The Morgan fingerprint density at radius 2 is 1.74 bits per heavy atom. The topological polar surface area (TPSA) is 32.3 Å². The molecule has 1 N–H and O–H groups in total. The zero-order valence-corrected chi connectivity index (χ0v) is 14.6. The summed E-state index contributed by atoms with van der Waals surface area (Å²) in [6.45, 7) is 0. The van der Waals surface area contributed by atoms with Gasteiger partial charge in [0.25, 0.3) is 5.91 Å². The zero-order valence-electron chi connectivity index (χ0n) is 11.5. The average Bonchev–Trinajstić information content (AvgIpc) is 2.79. The van der Waals surface area contributed by atoms with Gasteiger partial charge in [-0.25, -0.2) is 0 Å². The van der Waals surface area contributed by atoms with E-state index in [-0.39, 0.29) is 16.0 Å². The number of halogens is 3. The van der Waals surface area contributed by atoms with Crippen LogP contribution >= 0.6 is 47.0 Å². The van der Waals surface area contributed by atoms with E-state index >= 15 is 0 Å². The highest BCUT2D eigenvalue weighted by Crippen LogP contribution is 2.34. The summed E-state index contributed by atoms with van der Waals surface area (Å²) in [5.74, 6) is -0.297. The number of anilines is 1. The fraction of sp³-hybridized carbons (Fsp3) is 0. The van der Waals surface area contributed by atoms with E-state index in [0.29, 0.717) is 21.4 Å². The molecular weight excluding hydrogens is 375 g/mol. The Bertz CT molecular complexity index is 834. The second kappa shape index (κ2) is 6.49. The predicted molar refractivity (Wildman–Crippen MR) is 99.1 cm³/mol. The molecule has 1 fully saturated rings. The van der Waals surface area contributed by atoms with Gasteiger partial charge < -0.3 is 5.32 Å². The third-order valence-electron chi connectivity index (χ3n) is 3.23. The number of hydrogen-bond donors (Lipinski definition) is 1. The van der Waals surface area contributed by atoms with E-state index in [0.717, 1.165) is 5.56 Å². The number of amides is 1. The van der Waals surface area contributed by atoms with Crippen LogP contribution in [-0.2, 0) is 4.79 Å². The number of carbonyl (C=O) groups is 1. The van der Waals surface area contributed by atoms with E-state index in [2.05, 4.69) is 5.32 Å². The van der Waals surface area contributed by atoms with Crippen LogP contribution in [-0.4, -0.2) is 11.0 Å². The largest absolute Gasteiger partial charge is 0.327 e. The highest BCUT2D eigenvalue weighted by Gasteiger charge is 2.33. The molecule has 2 aromatic carbocycles. The predicted octanol–water partition coefficient (Wildman–Crippen LogP) is 4.91. The minimum Gasteiger partial charge on any atom is -0.327 e. The Morgan fingerprint density at radius 3 is 2.43 bits per heavy atom. The number of hydrogen-bond acceptors (Lipinski definition) is 2. The fourth-order valence-corrected chi connectivity index (χ4v) is 2.94. The van der Waals surface area contributed by atoms with Crippen LogP contribution in [0, 0.1) is 0 Å². The molecule has 1 aliphatic heterocycles. The van der Waals surface area contributed by atoms with Crippen LogP contribution in [0.5, 0.6) is 0 Å². The van der Waals surface area contributed by atoms with Gasteiger partial charge in [-0.05, 0) is 48.1 Å². The quantitative estimate of drug-likeness (QED) is 0.591. The maximum atomic E-state index is 12.6. The Balaban J connectivity index is 1.97. The average molecular weight is 384 g/mol. The maximum Gasteiger partial charge on any atom is 0.281 e. The lowest BCUT2D eigenvalue weighted by molar-refractivity contribution is -0.113. The smallest absolute Gasteiger partial charge is 0.281 e. The Hall–Kier alpha value is -1.59. The second-order valence-corrected chi connectivity index (χ2v) is 6.36. The molecule has 0 radical (unpaired) electrons. The van der Waals surface area contributed by atoms with Crippen molar-refractivity contribution >= 4 is 69.8 Å². The molecule has 0 aliphatic carbocycles. The summed E-state index contributed by atoms with van der Waals surface area (Å²) in [5.41, 5.74) is 1.63. The van der Waals surface area contributed by atoms with Crippen LogP contribution in [0.15, 0.2) is 48.2 Å². The van der Waals surface area contributed by atoms with Crippen molar-refractivity contribution < 1.29 is 4.79 Å². The minimum atomic E-state index is -0.297. The molecule has 1 heterocycles. The number of carbonyl (C=O) groups excluding carboxylic acids is 1. The molecule has 0 aromatic heterocycles. The van der Waals surface area contributed by atoms with Gasteiger partial charge in [0, 0.05) is 5.02 Å². The molecule has 2 aromatic rings. The van der Waals surface area contributed by atoms with E-state index in [1.54, 1.807) is 36.4 Å². The summed E-state index contributed by atoms with van der Waals surface area (Å²) < 4.78 is 0. The molecule has 0 unspecified atom stereocenters. The number of nitrogens with zero attached hydrogens (tertiary/aromatic N) is 1. The third-order valence-corrected chi connectivity index (χ3v) is 4.58. The second-order valence-electron chi connectivity index (χ2n) is 4.75. The van der Waals surface area contributed by atoms with Crippen LogP contribution in [0.1, 0.15) is 5.56 Å². The third kappa shape index (κ3) is 3.21. The standard InChI is InChI=1S/C16H9Cl3N2OS/c17-10-6-4-9(5-7-10)8-12-15(22)21(16(23)20-12)13-3-1-2-11(18)14(13)19/h1-8H,(H,20,23). The van der Waals surface area contributed by atoms with E-state index in [1.165, 1.54) is 4.90 Å². The molecule has 3 nitrogen and oxygen atoms in total. The molecule has 7 heteroatoms. The first-order chi connectivity index (χ1) is 11.0. The lowest BCUT2D eigenvalue weighted by Crippen LogP contribution is -2.30. The van der Waals surface area contributed by atoms with E-state index < -0.39 is 0 Å². The molecule has 0 atom stereocenters. The molecule has 1 saturated heterocycles. The number of benzene rings is 2. The summed E-state index contributed by atoms with van der Waals surface area (Å²) in [6.07, 6.45) is 1.70. The van der Waals surface area contributed by atoms with Crippen LogP contribution in [0.25, 0.3) is 6.08 Å². The summed E-state index contributed by atoms with van der Waals surface area (Å²) in [4.78, 5) is 14.0. The first-order valence-corrected chi connectivity index (χ1v) is 8.08. The van der Waals surface area contributed by atoms with Crippen molar-refractivity contribution in [1.82, 2.24) is 5.32 Å². The normalized spacial score (nSPS) is 16.1. The highest BCUT2D eigenvalue weighted by atomic mass is 35.5. The molecule has 0 spiro atoms. The Labute approximate surface area is 153 Å². The van der Waals surface area contributed by atoms with Gasteiger partial charge in [0.15, 0.2) is 5.11 Å². The number of rotatable bonds is 2. The van der Waals surface area contributed by atoms with Gasteiger partial charge >= 0.3 is 0 Å². The lowest BCUT2D eigenvalue weighted by atomic mass is 10.2. The molecular formula is C16H9Cl3N2OS. The maximum absolute atomic E-state index is 12.6. The van der Waals surface area contributed by atoms with Gasteiger partial charge in [-0.1, -0.05) is 53.0 Å². The van der Waals surface area contributed by atoms with E-state index in [9.17, 15) is 4.79 Å². The van der Waals surface area contributed by atoms with Gasteiger partial charge in [0.1, 0.15) is 5.70 Å². The molecule has 3 rings (SSSR count). The lowest BCUT2D eigenvalue weighted by Gasteiger charge is -2.16. The monoisotopic (exact) mass is 382 g/mol. The van der Waals surface area contributed by atoms with E-state index in [1.807, 2.05) is 12.1 Å². The van der Waals surface area contributed by atoms with Crippen LogP contribution in [0.3, 0.4) is 0 Å². The molecule has 23 heavy (non-hydrogen) atoms. The Kier molecular flexibility index (Phi) is 4.60. The zero-order chi connectivity index (χ0) is 16.6. The fourth-order valence-electron chi connectivity index (χ4n) is 2.14. The minimum absolute atomic E-state index is 0.249. The van der Waals surface area contributed by atoms with E-state index in [4.69, 9.17) is 47.0 Å². The first kappa shape index (κ1) is 16.3. The van der Waals surface area contributed by atoms with Crippen LogP contribution < -0.4 is 10.2 Å². The van der Waals surface area contributed by atoms with Crippen molar-refractivity contribution in [1.29, 1.82) is 0 Å². The van der Waals surface area contributed by atoms with Crippen molar-refractivity contribution in [2.24, 2.45) is 0 Å². The highest BCUT2D eigenvalue weighted by molar-refractivity contribution is 7.80. The number of nitrogens with one attached hydrogen (secondary N) is 1. The molecule has 116 valence electrons. The van der Waals surface area contributed by atoms with Gasteiger partial charge in [-0.3, -0.25) is 9.69 Å².